The predicted octanol–water partition coefficient (Wildman–Crippen LogP) is 3.25. The number of benzene rings is 1. The zero-order chi connectivity index (χ0) is 16.4. The fraction of sp³-hybridized carbons (Fsp3) is 0.333. The Kier molecular flexibility index (Phi) is 3.94. The van der Waals surface area contributed by atoms with Gasteiger partial charge in [0.05, 0.1) is 23.8 Å². The highest BCUT2D eigenvalue weighted by molar-refractivity contribution is 5.75. The number of furan rings is 1. The van der Waals surface area contributed by atoms with E-state index in [1.54, 1.807) is 6.26 Å². The molecule has 1 aromatic carbocycles. The monoisotopic (exact) mass is 324 g/mol. The van der Waals surface area contributed by atoms with Gasteiger partial charge in [-0.05, 0) is 37.1 Å². The van der Waals surface area contributed by atoms with Crippen molar-refractivity contribution in [3.8, 4) is 0 Å². The highest BCUT2D eigenvalue weighted by atomic mass is 16.3. The van der Waals surface area contributed by atoms with Gasteiger partial charge in [-0.2, -0.15) is 0 Å². The molecule has 1 aliphatic rings. The number of hydrogen-bond acceptors (Lipinski definition) is 3. The average Bonchev–Trinajstić information content (AvgIpc) is 3.29. The van der Waals surface area contributed by atoms with Gasteiger partial charge in [0, 0.05) is 19.0 Å². The second-order valence-electron chi connectivity index (χ2n) is 6.16. The highest BCUT2D eigenvalue weighted by Crippen LogP contribution is 2.26. The molecule has 2 N–H and O–H groups in total. The van der Waals surface area contributed by atoms with Gasteiger partial charge in [0.2, 0.25) is 0 Å². The molecule has 2 aromatic heterocycles. The number of rotatable bonds is 3. The third kappa shape index (κ3) is 2.99. The van der Waals surface area contributed by atoms with E-state index < -0.39 is 0 Å². The van der Waals surface area contributed by atoms with Gasteiger partial charge in [0.25, 0.3) is 0 Å². The summed E-state index contributed by atoms with van der Waals surface area (Å²) in [6.07, 6.45) is 3.64. The summed E-state index contributed by atoms with van der Waals surface area (Å²) in [6.45, 7) is 1.88. The number of H-pyrrole nitrogens is 1. The molecule has 24 heavy (non-hydrogen) atoms. The van der Waals surface area contributed by atoms with Crippen molar-refractivity contribution in [3.05, 3.63) is 54.2 Å². The topological polar surface area (TPSA) is 74.2 Å². The van der Waals surface area contributed by atoms with Crippen molar-refractivity contribution in [2.45, 2.75) is 25.3 Å². The Balaban J connectivity index is 1.42. The Labute approximate surface area is 139 Å². The number of carbonyl (C=O) groups is 1. The molecule has 0 bridgehead atoms. The van der Waals surface area contributed by atoms with Crippen molar-refractivity contribution in [1.29, 1.82) is 0 Å². The number of amides is 2. The molecule has 1 saturated heterocycles. The fourth-order valence-electron chi connectivity index (χ4n) is 3.24. The van der Waals surface area contributed by atoms with Gasteiger partial charge in [-0.3, -0.25) is 0 Å². The highest BCUT2D eigenvalue weighted by Gasteiger charge is 2.26. The van der Waals surface area contributed by atoms with E-state index in [1.807, 2.05) is 41.3 Å². The lowest BCUT2D eigenvalue weighted by Gasteiger charge is -2.31. The summed E-state index contributed by atoms with van der Waals surface area (Å²) in [5.74, 6) is 1.98. The molecule has 4 rings (SSSR count). The minimum absolute atomic E-state index is 0.0489. The number of hydrogen-bond donors (Lipinski definition) is 2. The normalized spacial score (nSPS) is 18.0. The van der Waals surface area contributed by atoms with E-state index >= 15 is 0 Å². The van der Waals surface area contributed by atoms with Crippen LogP contribution in [-0.4, -0.2) is 34.0 Å². The number of imidazole rings is 1. The van der Waals surface area contributed by atoms with Crippen LogP contribution in [0.2, 0.25) is 0 Å². The van der Waals surface area contributed by atoms with E-state index in [0.29, 0.717) is 13.1 Å². The van der Waals surface area contributed by atoms with Crippen molar-refractivity contribution in [3.63, 3.8) is 0 Å². The molecule has 6 nitrogen and oxygen atoms in total. The number of likely N-dealkylation sites (tertiary alicyclic amines) is 1. The summed E-state index contributed by atoms with van der Waals surface area (Å²) in [7, 11) is 0. The van der Waals surface area contributed by atoms with Crippen LogP contribution in [0.5, 0.6) is 0 Å². The molecule has 1 unspecified atom stereocenters. The number of nitrogens with one attached hydrogen (secondary N) is 2. The Morgan fingerprint density at radius 1 is 1.33 bits per heavy atom. The average molecular weight is 324 g/mol. The third-order valence-corrected chi connectivity index (χ3v) is 4.50. The molecule has 0 aliphatic carbocycles. The Morgan fingerprint density at radius 3 is 3.08 bits per heavy atom. The predicted molar refractivity (Wildman–Crippen MR) is 90.6 cm³/mol. The maximum atomic E-state index is 12.4. The van der Waals surface area contributed by atoms with E-state index in [4.69, 9.17) is 4.42 Å². The van der Waals surface area contributed by atoms with Crippen LogP contribution >= 0.6 is 0 Å². The SMILES string of the molecule is O=C(NCc1ccco1)N1CCCC(c2nc3ccccc3[nH]2)C1. The van der Waals surface area contributed by atoms with Crippen molar-refractivity contribution < 1.29 is 9.21 Å². The van der Waals surface area contributed by atoms with Crippen LogP contribution in [0.3, 0.4) is 0 Å². The van der Waals surface area contributed by atoms with E-state index in [2.05, 4.69) is 15.3 Å². The lowest BCUT2D eigenvalue weighted by atomic mass is 9.97. The molecular formula is C18H20N4O2. The number of aromatic nitrogens is 2. The Hall–Kier alpha value is -2.76. The molecule has 1 atom stereocenters. The summed E-state index contributed by atoms with van der Waals surface area (Å²) < 4.78 is 5.25. The third-order valence-electron chi connectivity index (χ3n) is 4.50. The zero-order valence-corrected chi connectivity index (χ0v) is 13.4. The van der Waals surface area contributed by atoms with Gasteiger partial charge in [-0.25, -0.2) is 9.78 Å². The summed E-state index contributed by atoms with van der Waals surface area (Å²) in [4.78, 5) is 22.3. The summed E-state index contributed by atoms with van der Waals surface area (Å²) in [5, 5.41) is 2.92. The number of aromatic amines is 1. The standard InChI is InChI=1S/C18H20N4O2/c23-18(19-11-14-6-4-10-24-14)22-9-3-5-13(12-22)17-20-15-7-1-2-8-16(15)21-17/h1-2,4,6-8,10,13H,3,5,9,11-12H2,(H,19,23)(H,20,21). The van der Waals surface area contributed by atoms with Crippen LogP contribution in [0.25, 0.3) is 11.0 Å². The number of urea groups is 1. The van der Waals surface area contributed by atoms with Crippen LogP contribution in [-0.2, 0) is 6.54 Å². The van der Waals surface area contributed by atoms with Crippen LogP contribution in [0.15, 0.2) is 47.1 Å². The van der Waals surface area contributed by atoms with Crippen molar-refractivity contribution in [2.24, 2.45) is 0 Å². The number of fused-ring (bicyclic) bond motifs is 1. The van der Waals surface area contributed by atoms with Gasteiger partial charge in [0.15, 0.2) is 0 Å². The van der Waals surface area contributed by atoms with Crippen molar-refractivity contribution >= 4 is 17.1 Å². The second kappa shape index (κ2) is 6.39. The number of nitrogens with zero attached hydrogens (tertiary/aromatic N) is 2. The second-order valence-corrected chi connectivity index (χ2v) is 6.16. The molecule has 124 valence electrons. The maximum Gasteiger partial charge on any atom is 0.317 e. The molecule has 2 amide bonds. The first-order valence-corrected chi connectivity index (χ1v) is 8.29. The molecular weight excluding hydrogens is 304 g/mol. The van der Waals surface area contributed by atoms with Crippen LogP contribution in [0.1, 0.15) is 30.3 Å². The van der Waals surface area contributed by atoms with E-state index in [9.17, 15) is 4.79 Å². The zero-order valence-electron chi connectivity index (χ0n) is 13.4. The first-order valence-electron chi connectivity index (χ1n) is 8.29. The van der Waals surface area contributed by atoms with Gasteiger partial charge < -0.3 is 19.6 Å². The fourth-order valence-corrected chi connectivity index (χ4v) is 3.24. The van der Waals surface area contributed by atoms with Gasteiger partial charge in [0.1, 0.15) is 11.6 Å². The minimum Gasteiger partial charge on any atom is -0.467 e. The molecule has 3 heterocycles. The van der Waals surface area contributed by atoms with E-state index in [1.165, 1.54) is 0 Å². The minimum atomic E-state index is -0.0489. The molecule has 0 radical (unpaired) electrons. The largest absolute Gasteiger partial charge is 0.467 e. The Bertz CT molecular complexity index is 792. The first-order chi connectivity index (χ1) is 11.8. The summed E-state index contributed by atoms with van der Waals surface area (Å²) in [6, 6.07) is 11.6. The summed E-state index contributed by atoms with van der Waals surface area (Å²) in [5.41, 5.74) is 2.03. The van der Waals surface area contributed by atoms with Crippen LogP contribution in [0, 0.1) is 0 Å². The molecule has 0 spiro atoms. The molecule has 1 fully saturated rings. The number of carbonyl (C=O) groups excluding carboxylic acids is 1. The first kappa shape index (κ1) is 14.8. The number of para-hydroxylation sites is 2. The molecule has 0 saturated carbocycles. The quantitative estimate of drug-likeness (QED) is 0.776. The smallest absolute Gasteiger partial charge is 0.317 e. The van der Waals surface area contributed by atoms with Crippen molar-refractivity contribution in [1.82, 2.24) is 20.2 Å². The van der Waals surface area contributed by atoms with Crippen LogP contribution < -0.4 is 5.32 Å². The molecule has 3 aromatic rings. The van der Waals surface area contributed by atoms with E-state index in [0.717, 1.165) is 42.0 Å². The van der Waals surface area contributed by atoms with Gasteiger partial charge >= 0.3 is 6.03 Å². The van der Waals surface area contributed by atoms with Gasteiger partial charge in [-0.1, -0.05) is 12.1 Å². The van der Waals surface area contributed by atoms with Crippen molar-refractivity contribution in [2.75, 3.05) is 13.1 Å². The number of piperidine rings is 1. The lowest BCUT2D eigenvalue weighted by molar-refractivity contribution is 0.177. The van der Waals surface area contributed by atoms with Gasteiger partial charge in [-0.15, -0.1) is 0 Å². The summed E-state index contributed by atoms with van der Waals surface area (Å²) >= 11 is 0. The molecule has 1 aliphatic heterocycles. The molecule has 6 heteroatoms. The van der Waals surface area contributed by atoms with Crippen LogP contribution in [0.4, 0.5) is 4.79 Å². The Morgan fingerprint density at radius 2 is 2.25 bits per heavy atom. The maximum absolute atomic E-state index is 12.4. The lowest BCUT2D eigenvalue weighted by Crippen LogP contribution is -2.44. The van der Waals surface area contributed by atoms with E-state index in [-0.39, 0.29) is 11.9 Å².